The van der Waals surface area contributed by atoms with Gasteiger partial charge in [0.1, 0.15) is 6.61 Å². The van der Waals surface area contributed by atoms with Crippen LogP contribution in [-0.4, -0.2) is 41.8 Å². The predicted octanol–water partition coefficient (Wildman–Crippen LogP) is 3.21. The number of carbonyl (C=O) groups excluding carboxylic acids is 2. The maximum Gasteiger partial charge on any atom is 0.407 e. The molecule has 0 heterocycles. The molecule has 2 aromatic carbocycles. The fourth-order valence-electron chi connectivity index (χ4n) is 3.57. The molecular formula is C23H26N2O6. The monoisotopic (exact) mass is 426 g/mol. The second kappa shape index (κ2) is 10.1. The second-order valence-corrected chi connectivity index (χ2v) is 7.40. The number of benzene rings is 2. The minimum absolute atomic E-state index is 0.0487. The van der Waals surface area contributed by atoms with Gasteiger partial charge in [-0.05, 0) is 35.6 Å². The number of carboxylic acids is 1. The highest BCUT2D eigenvalue weighted by Gasteiger charge is 2.29. The number of fused-ring (bicyclic) bond motifs is 3. The summed E-state index contributed by atoms with van der Waals surface area (Å²) in [7, 11) is 0. The minimum atomic E-state index is -1.19. The quantitative estimate of drug-likeness (QED) is 0.531. The van der Waals surface area contributed by atoms with Crippen LogP contribution in [0.25, 0.3) is 11.1 Å². The van der Waals surface area contributed by atoms with Gasteiger partial charge in [0.15, 0.2) is 6.10 Å². The van der Waals surface area contributed by atoms with Gasteiger partial charge in [-0.25, -0.2) is 15.1 Å². The van der Waals surface area contributed by atoms with Gasteiger partial charge in [0, 0.05) is 18.4 Å². The number of hydroxylamine groups is 1. The van der Waals surface area contributed by atoms with Crippen LogP contribution in [0.3, 0.4) is 0 Å². The van der Waals surface area contributed by atoms with Crippen LogP contribution in [0, 0.1) is 0 Å². The summed E-state index contributed by atoms with van der Waals surface area (Å²) in [4.78, 5) is 39.8. The predicted molar refractivity (Wildman–Crippen MR) is 113 cm³/mol. The standard InChI is InChI=1S/C23H26N2O6/c1-3-15(12-21(26)25-31-14(2)22(27)28)24-23(29)30-13-20-18-10-6-4-8-16(18)17-9-5-7-11-19(17)20/h4-11,14-15,20H,3,12-13H2,1-2H3,(H,24,29)(H,25,26)(H,27,28)/t14?,15-/m0/s1. The molecule has 1 aliphatic rings. The molecule has 2 amide bonds. The van der Waals surface area contributed by atoms with Gasteiger partial charge in [0.05, 0.1) is 0 Å². The van der Waals surface area contributed by atoms with E-state index in [2.05, 4.69) is 22.9 Å². The van der Waals surface area contributed by atoms with Crippen LogP contribution in [0.15, 0.2) is 48.5 Å². The Balaban J connectivity index is 1.53. The van der Waals surface area contributed by atoms with Crippen molar-refractivity contribution in [3.63, 3.8) is 0 Å². The molecule has 0 saturated carbocycles. The van der Waals surface area contributed by atoms with E-state index in [-0.39, 0.29) is 18.9 Å². The Hall–Kier alpha value is -3.39. The maximum atomic E-state index is 12.4. The zero-order valence-electron chi connectivity index (χ0n) is 17.5. The largest absolute Gasteiger partial charge is 0.479 e. The third-order valence-corrected chi connectivity index (χ3v) is 5.29. The second-order valence-electron chi connectivity index (χ2n) is 7.40. The van der Waals surface area contributed by atoms with Gasteiger partial charge in [-0.15, -0.1) is 0 Å². The lowest BCUT2D eigenvalue weighted by molar-refractivity contribution is -0.158. The van der Waals surface area contributed by atoms with E-state index in [1.807, 2.05) is 43.3 Å². The van der Waals surface area contributed by atoms with Crippen molar-refractivity contribution in [3.05, 3.63) is 59.7 Å². The van der Waals surface area contributed by atoms with Gasteiger partial charge in [-0.3, -0.25) is 9.63 Å². The summed E-state index contributed by atoms with van der Waals surface area (Å²) in [5.41, 5.74) is 6.61. The van der Waals surface area contributed by atoms with Crippen molar-refractivity contribution in [2.24, 2.45) is 0 Å². The van der Waals surface area contributed by atoms with Gasteiger partial charge in [0.2, 0.25) is 5.91 Å². The van der Waals surface area contributed by atoms with Gasteiger partial charge in [-0.1, -0.05) is 55.5 Å². The molecule has 0 aromatic heterocycles. The van der Waals surface area contributed by atoms with Gasteiger partial charge in [0.25, 0.3) is 0 Å². The Labute approximate surface area is 180 Å². The van der Waals surface area contributed by atoms with Crippen LogP contribution in [0.5, 0.6) is 0 Å². The molecule has 1 unspecified atom stereocenters. The van der Waals surface area contributed by atoms with Crippen LogP contribution in [0.4, 0.5) is 4.79 Å². The fourth-order valence-corrected chi connectivity index (χ4v) is 3.57. The lowest BCUT2D eigenvalue weighted by atomic mass is 9.98. The molecule has 0 aliphatic heterocycles. The molecule has 31 heavy (non-hydrogen) atoms. The smallest absolute Gasteiger partial charge is 0.407 e. The topological polar surface area (TPSA) is 114 Å². The molecule has 164 valence electrons. The molecule has 3 N–H and O–H groups in total. The Morgan fingerprint density at radius 2 is 1.61 bits per heavy atom. The molecule has 1 aliphatic carbocycles. The zero-order chi connectivity index (χ0) is 22.4. The number of rotatable bonds is 9. The first-order chi connectivity index (χ1) is 14.9. The van der Waals surface area contributed by atoms with Crippen LogP contribution in [0.1, 0.15) is 43.7 Å². The van der Waals surface area contributed by atoms with Crippen molar-refractivity contribution in [3.8, 4) is 11.1 Å². The summed E-state index contributed by atoms with van der Waals surface area (Å²) in [5.74, 6) is -1.77. The fraction of sp³-hybridized carbons (Fsp3) is 0.348. The van der Waals surface area contributed by atoms with Gasteiger partial charge >= 0.3 is 12.1 Å². The third-order valence-electron chi connectivity index (χ3n) is 5.29. The Morgan fingerprint density at radius 1 is 1.03 bits per heavy atom. The number of carbonyl (C=O) groups is 3. The number of amides is 2. The van der Waals surface area contributed by atoms with E-state index in [0.29, 0.717) is 6.42 Å². The van der Waals surface area contributed by atoms with E-state index in [9.17, 15) is 14.4 Å². The first-order valence-electron chi connectivity index (χ1n) is 10.2. The molecule has 0 bridgehead atoms. The number of hydrogen-bond donors (Lipinski definition) is 3. The van der Waals surface area contributed by atoms with Crippen LogP contribution in [-0.2, 0) is 19.2 Å². The van der Waals surface area contributed by atoms with Crippen molar-refractivity contribution in [1.82, 2.24) is 10.8 Å². The van der Waals surface area contributed by atoms with Gasteiger partial charge < -0.3 is 15.2 Å². The Kier molecular flexibility index (Phi) is 7.25. The van der Waals surface area contributed by atoms with E-state index in [1.165, 1.54) is 6.92 Å². The van der Waals surface area contributed by atoms with Crippen molar-refractivity contribution in [2.75, 3.05) is 6.61 Å². The summed E-state index contributed by atoms with van der Waals surface area (Å²) in [6.45, 7) is 3.30. The molecule has 8 nitrogen and oxygen atoms in total. The molecule has 2 aromatic rings. The van der Waals surface area contributed by atoms with E-state index in [4.69, 9.17) is 14.7 Å². The minimum Gasteiger partial charge on any atom is -0.479 e. The summed E-state index contributed by atoms with van der Waals surface area (Å²) >= 11 is 0. The van der Waals surface area contributed by atoms with Crippen molar-refractivity contribution < 1.29 is 29.1 Å². The molecule has 0 fully saturated rings. The first kappa shape index (κ1) is 22.3. The maximum absolute atomic E-state index is 12.4. The van der Waals surface area contributed by atoms with E-state index in [0.717, 1.165) is 22.3 Å². The van der Waals surface area contributed by atoms with E-state index >= 15 is 0 Å². The summed E-state index contributed by atoms with van der Waals surface area (Å²) in [6.07, 6.45) is -1.35. The van der Waals surface area contributed by atoms with Crippen LogP contribution < -0.4 is 10.8 Å². The highest BCUT2D eigenvalue weighted by molar-refractivity contribution is 5.79. The lowest BCUT2D eigenvalue weighted by Gasteiger charge is -2.19. The summed E-state index contributed by atoms with van der Waals surface area (Å²) in [5, 5.41) is 11.4. The molecule has 8 heteroatoms. The van der Waals surface area contributed by atoms with Crippen LogP contribution in [0.2, 0.25) is 0 Å². The van der Waals surface area contributed by atoms with Crippen molar-refractivity contribution >= 4 is 18.0 Å². The number of aliphatic carboxylic acids is 1. The highest BCUT2D eigenvalue weighted by atomic mass is 16.7. The average Bonchev–Trinajstić information content (AvgIpc) is 3.09. The summed E-state index contributed by atoms with van der Waals surface area (Å²) in [6, 6.07) is 15.7. The Morgan fingerprint density at radius 3 is 2.16 bits per heavy atom. The molecule has 0 radical (unpaired) electrons. The normalized spacial score (nSPS) is 14.1. The van der Waals surface area contributed by atoms with E-state index < -0.39 is 30.1 Å². The van der Waals surface area contributed by atoms with Crippen molar-refractivity contribution in [2.45, 2.75) is 44.8 Å². The number of nitrogens with one attached hydrogen (secondary N) is 2. The molecule has 0 saturated heterocycles. The van der Waals surface area contributed by atoms with E-state index in [1.54, 1.807) is 0 Å². The lowest BCUT2D eigenvalue weighted by Crippen LogP contribution is -2.40. The Bertz CT molecular complexity index is 915. The van der Waals surface area contributed by atoms with Crippen molar-refractivity contribution in [1.29, 1.82) is 0 Å². The molecular weight excluding hydrogens is 400 g/mol. The third kappa shape index (κ3) is 5.40. The number of carboxylic acid groups (broad SMARTS) is 1. The average molecular weight is 426 g/mol. The zero-order valence-corrected chi connectivity index (χ0v) is 17.5. The number of alkyl carbamates (subject to hydrolysis) is 1. The molecule has 2 atom stereocenters. The summed E-state index contributed by atoms with van der Waals surface area (Å²) < 4.78 is 5.49. The first-order valence-corrected chi connectivity index (χ1v) is 10.2. The number of hydrogen-bond acceptors (Lipinski definition) is 5. The van der Waals surface area contributed by atoms with Gasteiger partial charge in [-0.2, -0.15) is 0 Å². The molecule has 3 rings (SSSR count). The highest BCUT2D eigenvalue weighted by Crippen LogP contribution is 2.44. The van der Waals surface area contributed by atoms with Crippen LogP contribution >= 0.6 is 0 Å². The SMILES string of the molecule is CC[C@@H](CC(=O)NOC(C)C(=O)O)NC(=O)OCC1c2ccccc2-c2ccccc21. The number of ether oxygens (including phenoxy) is 1. The molecule has 0 spiro atoms.